The van der Waals surface area contributed by atoms with Crippen LogP contribution in [0.15, 0.2) is 198 Å². The van der Waals surface area contributed by atoms with E-state index in [0.717, 1.165) is 55.3 Å². The largest absolute Gasteiger partial charge is 0.303 e. The number of nitrogens with zero attached hydrogens (tertiary/aromatic N) is 7. The number of benzene rings is 5. The lowest BCUT2D eigenvalue weighted by Crippen LogP contribution is -2.36. The summed E-state index contributed by atoms with van der Waals surface area (Å²) in [5.41, 5.74) is 7.01. The molecule has 4 aromatic heterocycles. The summed E-state index contributed by atoms with van der Waals surface area (Å²) < 4.78 is 7.08. The third kappa shape index (κ3) is 10.3. The topological polar surface area (TPSA) is 93.9 Å². The molecule has 0 aliphatic carbocycles. The minimum atomic E-state index is -0.0429. The molecule has 10 nitrogen and oxygen atoms in total. The molecule has 0 saturated heterocycles. The summed E-state index contributed by atoms with van der Waals surface area (Å²) in [5, 5.41) is 13.4. The molecular weight excluding hydrogens is 781 g/mol. The predicted octanol–water partition coefficient (Wildman–Crippen LogP) is 9.48. The molecule has 2 atom stereocenters. The fraction of sp³-hybridized carbons (Fsp3) is 0.208. The molecule has 4 heterocycles. The highest BCUT2D eigenvalue weighted by Gasteiger charge is 2.26. The van der Waals surface area contributed by atoms with Gasteiger partial charge in [-0.3, -0.25) is 23.6 Å². The second-order valence-electron chi connectivity index (χ2n) is 15.8. The van der Waals surface area contributed by atoms with Crippen LogP contribution in [-0.4, -0.2) is 33.3 Å². The Labute approximate surface area is 368 Å². The van der Waals surface area contributed by atoms with Gasteiger partial charge in [-0.1, -0.05) is 166 Å². The lowest BCUT2D eigenvalue weighted by molar-refractivity contribution is 0.160. The number of hydrogen-bond acceptors (Lipinski definition) is 6. The predicted molar refractivity (Wildman–Crippen MR) is 251 cm³/mol. The third-order valence-corrected chi connectivity index (χ3v) is 11.4. The fourth-order valence-electron chi connectivity index (χ4n) is 8.18. The first-order valence-electron chi connectivity index (χ1n) is 21.8. The van der Waals surface area contributed by atoms with Crippen molar-refractivity contribution in [2.24, 2.45) is 0 Å². The number of hydrogen-bond donors (Lipinski definition) is 1. The van der Waals surface area contributed by atoms with Gasteiger partial charge in [-0.05, 0) is 64.9 Å². The Morgan fingerprint density at radius 1 is 0.476 bits per heavy atom. The molecule has 0 saturated carbocycles. The van der Waals surface area contributed by atoms with Crippen molar-refractivity contribution in [2.75, 3.05) is 0 Å². The number of fused-ring (bicyclic) bond motifs is 2. The van der Waals surface area contributed by atoms with E-state index < -0.39 is 0 Å². The Morgan fingerprint density at radius 3 is 1.30 bits per heavy atom. The second-order valence-corrected chi connectivity index (χ2v) is 15.8. The van der Waals surface area contributed by atoms with E-state index in [2.05, 4.69) is 96.9 Å². The molecule has 9 aromatic rings. The zero-order valence-electron chi connectivity index (χ0n) is 35.9. The third-order valence-electron chi connectivity index (χ3n) is 11.4. The quantitative estimate of drug-likeness (QED) is 0.104. The smallest absolute Gasteiger partial charge is 0.278 e. The molecule has 5 aromatic carbocycles. The molecule has 0 spiro atoms. The Morgan fingerprint density at radius 2 is 0.873 bits per heavy atom. The van der Waals surface area contributed by atoms with Crippen molar-refractivity contribution in [1.82, 2.24) is 38.6 Å². The average Bonchev–Trinajstić information content (AvgIpc) is 4.02. The average molecular weight is 835 g/mol. The molecular formula is C53H54N8O2. The van der Waals surface area contributed by atoms with Gasteiger partial charge in [0.15, 0.2) is 5.82 Å². The van der Waals surface area contributed by atoms with Gasteiger partial charge in [0.1, 0.15) is 16.9 Å². The Hall–Kier alpha value is -7.14. The van der Waals surface area contributed by atoms with Crippen LogP contribution < -0.4 is 16.4 Å². The molecule has 10 heteroatoms. The first-order valence-corrected chi connectivity index (χ1v) is 21.8. The maximum Gasteiger partial charge on any atom is 0.278 e. The van der Waals surface area contributed by atoms with Gasteiger partial charge in [-0.2, -0.15) is 10.2 Å². The van der Waals surface area contributed by atoms with Crippen molar-refractivity contribution in [3.8, 4) is 0 Å². The van der Waals surface area contributed by atoms with Crippen LogP contribution in [-0.2, 0) is 32.7 Å². The summed E-state index contributed by atoms with van der Waals surface area (Å²) in [6.45, 7) is 7.54. The van der Waals surface area contributed by atoms with Crippen molar-refractivity contribution in [3.63, 3.8) is 0 Å². The van der Waals surface area contributed by atoms with Crippen molar-refractivity contribution >= 4 is 11.0 Å². The van der Waals surface area contributed by atoms with Gasteiger partial charge in [0.25, 0.3) is 11.1 Å². The fourth-order valence-corrected chi connectivity index (χ4v) is 8.18. The first kappa shape index (κ1) is 42.5. The van der Waals surface area contributed by atoms with Crippen molar-refractivity contribution in [1.29, 1.82) is 0 Å². The normalized spacial score (nSPS) is 12.3. The van der Waals surface area contributed by atoms with E-state index in [4.69, 9.17) is 10.2 Å². The summed E-state index contributed by atoms with van der Waals surface area (Å²) in [6.07, 6.45) is 5.35. The molecule has 9 rings (SSSR count). The maximum atomic E-state index is 13.7. The zero-order valence-corrected chi connectivity index (χ0v) is 35.9. The highest BCUT2D eigenvalue weighted by molar-refractivity contribution is 5.45. The van der Waals surface area contributed by atoms with E-state index in [-0.39, 0.29) is 23.2 Å². The summed E-state index contributed by atoms with van der Waals surface area (Å²) >= 11 is 0. The Balaban J connectivity index is 0.000000177. The van der Waals surface area contributed by atoms with E-state index in [1.807, 2.05) is 120 Å². The Kier molecular flexibility index (Phi) is 13.9. The monoisotopic (exact) mass is 834 g/mol. The van der Waals surface area contributed by atoms with Gasteiger partial charge in [0.2, 0.25) is 0 Å². The van der Waals surface area contributed by atoms with Crippen LogP contribution in [0.1, 0.15) is 78.2 Å². The molecule has 0 fully saturated rings. The van der Waals surface area contributed by atoms with Gasteiger partial charge in [-0.15, -0.1) is 0 Å². The van der Waals surface area contributed by atoms with Crippen LogP contribution in [0.3, 0.4) is 0 Å². The number of rotatable bonds is 16. The summed E-state index contributed by atoms with van der Waals surface area (Å²) in [4.78, 5) is 29.3. The van der Waals surface area contributed by atoms with Crippen molar-refractivity contribution < 1.29 is 0 Å². The molecule has 0 bridgehead atoms. The molecule has 63 heavy (non-hydrogen) atoms. The molecule has 318 valence electrons. The van der Waals surface area contributed by atoms with Gasteiger partial charge < -0.3 is 5.32 Å². The minimum Gasteiger partial charge on any atom is -0.303 e. The molecule has 0 aliphatic rings. The SMILES string of the molecule is CCC(NCc1ccccc1)c1nn2cccc2c(=O)n1Cc1ccccc1.CCC(c1nn2cccc2c(=O)n1Cc1ccccc1)N(Cc1ccccc1)Cc1ccccc1. The van der Waals surface area contributed by atoms with Crippen LogP contribution >= 0.6 is 0 Å². The molecule has 0 amide bonds. The minimum absolute atomic E-state index is 0.0123. The van der Waals surface area contributed by atoms with Gasteiger partial charge in [0.05, 0.1) is 25.2 Å². The molecule has 2 unspecified atom stereocenters. The molecule has 1 N–H and O–H groups in total. The lowest BCUT2D eigenvalue weighted by Gasteiger charge is -2.32. The maximum absolute atomic E-state index is 13.7. The Bertz CT molecular complexity index is 2890. The van der Waals surface area contributed by atoms with E-state index >= 15 is 0 Å². The van der Waals surface area contributed by atoms with E-state index in [1.54, 1.807) is 13.6 Å². The van der Waals surface area contributed by atoms with Gasteiger partial charge in [0, 0.05) is 32.0 Å². The van der Waals surface area contributed by atoms with Crippen LogP contribution in [0.5, 0.6) is 0 Å². The van der Waals surface area contributed by atoms with E-state index in [0.29, 0.717) is 24.1 Å². The van der Waals surface area contributed by atoms with Crippen molar-refractivity contribution in [3.05, 3.63) is 248 Å². The van der Waals surface area contributed by atoms with Crippen LogP contribution in [0, 0.1) is 0 Å². The van der Waals surface area contributed by atoms with Gasteiger partial charge >= 0.3 is 0 Å². The first-order chi connectivity index (χ1) is 31.0. The van der Waals surface area contributed by atoms with Gasteiger partial charge in [-0.25, -0.2) is 9.03 Å². The van der Waals surface area contributed by atoms with Crippen LogP contribution in [0.25, 0.3) is 11.0 Å². The number of nitrogens with one attached hydrogen (secondary N) is 1. The second kappa shape index (κ2) is 20.6. The zero-order chi connectivity index (χ0) is 43.4. The standard InChI is InChI=1S/C30H30N4O.C23H24N4O/c1-2-27(32(21-24-13-6-3-7-14-24)22-25-15-8-4-9-16-25)29-31-34-20-12-19-28(34)30(35)33(29)23-26-17-10-5-11-18-26;1-2-20(24-16-18-10-5-3-6-11-18)22-25-27-15-9-14-21(27)23(28)26(22)17-19-12-7-4-8-13-19/h3-20,27H,2,21-23H2,1H3;3-15,20,24H,2,16-17H2,1H3. The lowest BCUT2D eigenvalue weighted by atomic mass is 10.1. The van der Waals surface area contributed by atoms with E-state index in [1.165, 1.54) is 16.7 Å². The molecule has 0 aliphatic heterocycles. The summed E-state index contributed by atoms with van der Waals surface area (Å²) in [6, 6.07) is 58.8. The highest BCUT2D eigenvalue weighted by atomic mass is 16.1. The summed E-state index contributed by atoms with van der Waals surface area (Å²) in [7, 11) is 0. The number of aromatic nitrogens is 6. The highest BCUT2D eigenvalue weighted by Crippen LogP contribution is 2.27. The summed E-state index contributed by atoms with van der Waals surface area (Å²) in [5.74, 6) is 1.55. The van der Waals surface area contributed by atoms with E-state index in [9.17, 15) is 9.59 Å². The molecule has 0 radical (unpaired) electrons. The van der Waals surface area contributed by atoms with Crippen LogP contribution in [0.4, 0.5) is 0 Å². The van der Waals surface area contributed by atoms with Crippen molar-refractivity contribution in [2.45, 2.75) is 71.5 Å². The van der Waals surface area contributed by atoms with Crippen LogP contribution in [0.2, 0.25) is 0 Å².